The van der Waals surface area contributed by atoms with Crippen LogP contribution in [0.15, 0.2) is 17.8 Å². The molecule has 0 aliphatic heterocycles. The Morgan fingerprint density at radius 3 is 3.27 bits per heavy atom. The van der Waals surface area contributed by atoms with Crippen molar-refractivity contribution in [3.05, 3.63) is 23.5 Å². The summed E-state index contributed by atoms with van der Waals surface area (Å²) in [5.74, 6) is 2.29. The van der Waals surface area contributed by atoms with Gasteiger partial charge >= 0.3 is 0 Å². The first-order chi connectivity index (χ1) is 7.29. The minimum Gasteiger partial charge on any atom is -0.396 e. The van der Waals surface area contributed by atoms with Crippen molar-refractivity contribution in [2.24, 2.45) is 5.92 Å². The molecule has 2 heterocycles. The molecule has 1 unspecified atom stereocenters. The van der Waals surface area contributed by atoms with Crippen LogP contribution in [-0.2, 0) is 5.75 Å². The van der Waals surface area contributed by atoms with Crippen LogP contribution in [0.2, 0.25) is 0 Å². The maximum atomic E-state index is 8.88. The Balaban J connectivity index is 1.87. The van der Waals surface area contributed by atoms with Crippen LogP contribution in [0.3, 0.4) is 0 Å². The average Bonchev–Trinajstić information content (AvgIpc) is 2.77. The van der Waals surface area contributed by atoms with Crippen molar-refractivity contribution in [3.63, 3.8) is 0 Å². The summed E-state index contributed by atoms with van der Waals surface area (Å²) in [6.07, 6.45) is 4.10. The third kappa shape index (κ3) is 2.74. The van der Waals surface area contributed by atoms with Crippen LogP contribution in [0.1, 0.15) is 12.6 Å². The fraction of sp³-hybridized carbons (Fsp3) is 0.500. The monoisotopic (exact) mass is 242 g/mol. The molecule has 2 aromatic rings. The second kappa shape index (κ2) is 5.01. The zero-order valence-electron chi connectivity index (χ0n) is 8.59. The minimum atomic E-state index is 0.269. The van der Waals surface area contributed by atoms with E-state index >= 15 is 0 Å². The molecule has 0 aromatic carbocycles. The molecule has 15 heavy (non-hydrogen) atoms. The number of thioether (sulfide) groups is 1. The number of hydrogen-bond donors (Lipinski definition) is 1. The topological polar surface area (TPSA) is 37.5 Å². The number of aliphatic hydroxyl groups is 1. The fourth-order valence-electron chi connectivity index (χ4n) is 1.26. The Hall–Kier alpha value is -0.520. The van der Waals surface area contributed by atoms with Gasteiger partial charge in [-0.2, -0.15) is 11.8 Å². The molecule has 1 N–H and O–H groups in total. The third-order valence-electron chi connectivity index (χ3n) is 2.11. The molecular weight excluding hydrogens is 228 g/mol. The van der Waals surface area contributed by atoms with Crippen molar-refractivity contribution < 1.29 is 5.11 Å². The zero-order chi connectivity index (χ0) is 10.7. The fourth-order valence-corrected chi connectivity index (χ4v) is 2.96. The van der Waals surface area contributed by atoms with E-state index in [1.165, 1.54) is 0 Å². The van der Waals surface area contributed by atoms with Gasteiger partial charge in [0, 0.05) is 30.1 Å². The summed E-state index contributed by atoms with van der Waals surface area (Å²) in [4.78, 5) is 5.55. The van der Waals surface area contributed by atoms with Crippen LogP contribution in [0.4, 0.5) is 0 Å². The molecule has 2 aromatic heterocycles. The van der Waals surface area contributed by atoms with Crippen LogP contribution in [-0.4, -0.2) is 26.9 Å². The number of imidazole rings is 1. The standard InChI is InChI=1S/C10H14N2OS2/c1-8(5-13)6-14-7-9-4-12-2-3-15-10(12)11-9/h2-4,8,13H,5-7H2,1H3. The Morgan fingerprint density at radius 2 is 2.53 bits per heavy atom. The second-order valence-electron chi connectivity index (χ2n) is 3.63. The van der Waals surface area contributed by atoms with Gasteiger partial charge in [-0.05, 0) is 11.7 Å². The first kappa shape index (κ1) is 11.0. The smallest absolute Gasteiger partial charge is 0.193 e. The highest BCUT2D eigenvalue weighted by molar-refractivity contribution is 7.98. The quantitative estimate of drug-likeness (QED) is 0.874. The molecule has 0 amide bonds. The molecule has 0 aliphatic rings. The van der Waals surface area contributed by atoms with Crippen molar-refractivity contribution in [2.45, 2.75) is 12.7 Å². The average molecular weight is 242 g/mol. The van der Waals surface area contributed by atoms with Gasteiger partial charge in [-0.15, -0.1) is 11.3 Å². The predicted octanol–water partition coefficient (Wildman–Crippen LogP) is 2.26. The van der Waals surface area contributed by atoms with Gasteiger partial charge in [0.1, 0.15) is 0 Å². The summed E-state index contributed by atoms with van der Waals surface area (Å²) in [6, 6.07) is 0. The number of fused-ring (bicyclic) bond motifs is 1. The molecule has 0 aliphatic carbocycles. The summed E-state index contributed by atoms with van der Waals surface area (Å²) in [7, 11) is 0. The molecule has 2 rings (SSSR count). The summed E-state index contributed by atoms with van der Waals surface area (Å²) in [5, 5.41) is 10.9. The highest BCUT2D eigenvalue weighted by Crippen LogP contribution is 2.17. The summed E-state index contributed by atoms with van der Waals surface area (Å²) in [6.45, 7) is 2.32. The molecule has 0 radical (unpaired) electrons. The van der Waals surface area contributed by atoms with Crippen LogP contribution in [0, 0.1) is 5.92 Å². The van der Waals surface area contributed by atoms with E-state index in [4.69, 9.17) is 5.11 Å². The summed E-state index contributed by atoms with van der Waals surface area (Å²) in [5.41, 5.74) is 1.12. The predicted molar refractivity (Wildman–Crippen MR) is 65.5 cm³/mol. The SMILES string of the molecule is CC(CO)CSCc1cn2ccsc2n1. The molecule has 0 spiro atoms. The third-order valence-corrected chi connectivity index (χ3v) is 4.18. The maximum Gasteiger partial charge on any atom is 0.193 e. The number of thiazole rings is 1. The van der Waals surface area contributed by atoms with E-state index in [0.717, 1.165) is 22.2 Å². The second-order valence-corrected chi connectivity index (χ2v) is 5.53. The molecule has 0 saturated heterocycles. The van der Waals surface area contributed by atoms with E-state index in [2.05, 4.69) is 22.5 Å². The van der Waals surface area contributed by atoms with E-state index in [1.807, 2.05) is 23.3 Å². The van der Waals surface area contributed by atoms with Crippen molar-refractivity contribution in [3.8, 4) is 0 Å². The van der Waals surface area contributed by atoms with Gasteiger partial charge in [-0.1, -0.05) is 6.92 Å². The van der Waals surface area contributed by atoms with Crippen LogP contribution < -0.4 is 0 Å². The van der Waals surface area contributed by atoms with Gasteiger partial charge in [0.05, 0.1) is 5.69 Å². The molecular formula is C10H14N2OS2. The lowest BCUT2D eigenvalue weighted by atomic mass is 10.2. The first-order valence-corrected chi connectivity index (χ1v) is 6.92. The minimum absolute atomic E-state index is 0.269. The number of nitrogens with zero attached hydrogens (tertiary/aromatic N) is 2. The van der Waals surface area contributed by atoms with Crippen molar-refractivity contribution in [1.82, 2.24) is 9.38 Å². The highest BCUT2D eigenvalue weighted by Gasteiger charge is 2.04. The normalized spacial score (nSPS) is 13.5. The van der Waals surface area contributed by atoms with Crippen molar-refractivity contribution in [2.75, 3.05) is 12.4 Å². The lowest BCUT2D eigenvalue weighted by Gasteiger charge is -2.05. The van der Waals surface area contributed by atoms with Gasteiger partial charge in [0.25, 0.3) is 0 Å². The van der Waals surface area contributed by atoms with E-state index in [9.17, 15) is 0 Å². The van der Waals surface area contributed by atoms with E-state index in [0.29, 0.717) is 5.92 Å². The first-order valence-electron chi connectivity index (χ1n) is 4.89. The van der Waals surface area contributed by atoms with Crippen LogP contribution in [0.25, 0.3) is 4.96 Å². The van der Waals surface area contributed by atoms with E-state index in [-0.39, 0.29) is 6.61 Å². The van der Waals surface area contributed by atoms with Gasteiger partial charge in [-0.3, -0.25) is 4.40 Å². The lowest BCUT2D eigenvalue weighted by Crippen LogP contribution is -2.03. The van der Waals surface area contributed by atoms with Gasteiger partial charge in [0.15, 0.2) is 4.96 Å². The maximum absolute atomic E-state index is 8.88. The largest absolute Gasteiger partial charge is 0.396 e. The molecule has 0 fully saturated rings. The number of aliphatic hydroxyl groups excluding tert-OH is 1. The number of hydrogen-bond acceptors (Lipinski definition) is 4. The summed E-state index contributed by atoms with van der Waals surface area (Å²) < 4.78 is 2.05. The van der Waals surface area contributed by atoms with Crippen LogP contribution >= 0.6 is 23.1 Å². The Morgan fingerprint density at radius 1 is 1.67 bits per heavy atom. The molecule has 0 saturated carbocycles. The van der Waals surface area contributed by atoms with Crippen LogP contribution in [0.5, 0.6) is 0 Å². The van der Waals surface area contributed by atoms with E-state index in [1.54, 1.807) is 11.3 Å². The van der Waals surface area contributed by atoms with Gasteiger partial charge < -0.3 is 5.11 Å². The molecule has 5 heteroatoms. The van der Waals surface area contributed by atoms with Gasteiger partial charge in [0.2, 0.25) is 0 Å². The van der Waals surface area contributed by atoms with Gasteiger partial charge in [-0.25, -0.2) is 4.98 Å². The molecule has 1 atom stereocenters. The Labute approximate surface area is 97.2 Å². The van der Waals surface area contributed by atoms with Crippen molar-refractivity contribution >= 4 is 28.1 Å². The Bertz CT molecular complexity index is 395. The molecule has 82 valence electrons. The zero-order valence-corrected chi connectivity index (χ0v) is 10.2. The molecule has 0 bridgehead atoms. The van der Waals surface area contributed by atoms with E-state index < -0.39 is 0 Å². The Kier molecular flexibility index (Phi) is 3.66. The summed E-state index contributed by atoms with van der Waals surface area (Å²) >= 11 is 3.48. The lowest BCUT2D eigenvalue weighted by molar-refractivity contribution is 0.250. The highest BCUT2D eigenvalue weighted by atomic mass is 32.2. The van der Waals surface area contributed by atoms with Crippen molar-refractivity contribution in [1.29, 1.82) is 0 Å². The number of aromatic nitrogens is 2. The number of rotatable bonds is 5. The molecule has 3 nitrogen and oxygen atoms in total.